The molecule has 1 aromatic carbocycles. The summed E-state index contributed by atoms with van der Waals surface area (Å²) in [7, 11) is 0. The van der Waals surface area contributed by atoms with E-state index in [-0.39, 0.29) is 18.2 Å². The van der Waals surface area contributed by atoms with Gasteiger partial charge in [0, 0.05) is 12.6 Å². The van der Waals surface area contributed by atoms with Crippen LogP contribution in [-0.4, -0.2) is 17.5 Å². The van der Waals surface area contributed by atoms with Crippen molar-refractivity contribution in [1.82, 2.24) is 5.32 Å². The molecule has 1 nitrogen and oxygen atoms in total. The lowest BCUT2D eigenvalue weighted by Gasteiger charge is -2.23. The van der Waals surface area contributed by atoms with Crippen LogP contribution in [0.5, 0.6) is 0 Å². The zero-order valence-electron chi connectivity index (χ0n) is 10.3. The zero-order chi connectivity index (χ0) is 13.9. The minimum Gasteiger partial charge on any atom is -0.310 e. The van der Waals surface area contributed by atoms with Gasteiger partial charge in [0.2, 0.25) is 0 Å². The van der Waals surface area contributed by atoms with E-state index in [9.17, 15) is 17.6 Å². The van der Waals surface area contributed by atoms with Crippen LogP contribution < -0.4 is 5.32 Å². The molecule has 19 heavy (non-hydrogen) atoms. The van der Waals surface area contributed by atoms with Gasteiger partial charge in [-0.15, -0.1) is 0 Å². The predicted octanol–water partition coefficient (Wildman–Crippen LogP) is 3.83. The summed E-state index contributed by atoms with van der Waals surface area (Å²) in [5, 5.41) is 3.13. The molecule has 1 aliphatic rings. The SMILES string of the molecule is Fc1ccc(CNC2CCSCC2)c(C(F)(F)F)c1. The number of thioether (sulfide) groups is 1. The highest BCUT2D eigenvalue weighted by molar-refractivity contribution is 7.99. The van der Waals surface area contributed by atoms with Gasteiger partial charge >= 0.3 is 6.18 Å². The second kappa shape index (κ2) is 6.13. The van der Waals surface area contributed by atoms with Crippen LogP contribution in [0.25, 0.3) is 0 Å². The summed E-state index contributed by atoms with van der Waals surface area (Å²) in [4.78, 5) is 0. The molecule has 0 spiro atoms. The zero-order valence-corrected chi connectivity index (χ0v) is 11.1. The van der Waals surface area contributed by atoms with E-state index in [2.05, 4.69) is 5.32 Å². The number of rotatable bonds is 3. The maximum Gasteiger partial charge on any atom is 0.416 e. The Morgan fingerprint density at radius 3 is 2.53 bits per heavy atom. The first-order valence-corrected chi connectivity index (χ1v) is 7.29. The Morgan fingerprint density at radius 2 is 1.89 bits per heavy atom. The molecule has 0 atom stereocenters. The van der Waals surface area contributed by atoms with Gasteiger partial charge in [-0.1, -0.05) is 6.07 Å². The summed E-state index contributed by atoms with van der Waals surface area (Å²) in [6, 6.07) is 3.10. The van der Waals surface area contributed by atoms with Gasteiger partial charge in [0.1, 0.15) is 5.82 Å². The minimum atomic E-state index is -4.51. The van der Waals surface area contributed by atoms with E-state index in [0.717, 1.165) is 30.4 Å². The average molecular weight is 293 g/mol. The Kier molecular flexibility index (Phi) is 4.73. The van der Waals surface area contributed by atoms with Crippen molar-refractivity contribution in [3.05, 3.63) is 35.1 Å². The maximum absolute atomic E-state index is 12.9. The second-order valence-electron chi connectivity index (χ2n) is 4.57. The molecule has 6 heteroatoms. The number of hydrogen-bond acceptors (Lipinski definition) is 2. The summed E-state index contributed by atoms with van der Waals surface area (Å²) in [5.41, 5.74) is -0.780. The summed E-state index contributed by atoms with van der Waals surface area (Å²) >= 11 is 1.86. The first-order chi connectivity index (χ1) is 8.97. The van der Waals surface area contributed by atoms with Crippen LogP contribution in [-0.2, 0) is 12.7 Å². The lowest BCUT2D eigenvalue weighted by Crippen LogP contribution is -2.32. The molecule has 1 N–H and O–H groups in total. The number of alkyl halides is 3. The standard InChI is InChI=1S/C13H15F4NS/c14-10-2-1-9(12(7-10)13(15,16)17)8-18-11-3-5-19-6-4-11/h1-2,7,11,18H,3-6,8H2. The molecular weight excluding hydrogens is 278 g/mol. The lowest BCUT2D eigenvalue weighted by molar-refractivity contribution is -0.138. The normalized spacial score (nSPS) is 17.7. The van der Waals surface area contributed by atoms with Crippen LogP contribution in [0.3, 0.4) is 0 Å². The van der Waals surface area contributed by atoms with Gasteiger partial charge in [-0.25, -0.2) is 4.39 Å². The van der Waals surface area contributed by atoms with Crippen molar-refractivity contribution in [1.29, 1.82) is 0 Å². The van der Waals surface area contributed by atoms with Crippen molar-refractivity contribution in [2.24, 2.45) is 0 Å². The van der Waals surface area contributed by atoms with Crippen molar-refractivity contribution in [3.63, 3.8) is 0 Å². The van der Waals surface area contributed by atoms with Gasteiger partial charge < -0.3 is 5.32 Å². The van der Waals surface area contributed by atoms with E-state index in [1.165, 1.54) is 6.07 Å². The second-order valence-corrected chi connectivity index (χ2v) is 5.79. The average Bonchev–Trinajstić information content (AvgIpc) is 2.37. The third-order valence-corrected chi connectivity index (χ3v) is 4.23. The number of benzene rings is 1. The summed E-state index contributed by atoms with van der Waals surface area (Å²) < 4.78 is 51.3. The third-order valence-electron chi connectivity index (χ3n) is 3.18. The molecule has 0 unspecified atom stereocenters. The van der Waals surface area contributed by atoms with Gasteiger partial charge in [0.05, 0.1) is 5.56 Å². The monoisotopic (exact) mass is 293 g/mol. The molecule has 106 valence electrons. The molecule has 2 rings (SSSR count). The van der Waals surface area contributed by atoms with E-state index < -0.39 is 17.6 Å². The molecule has 0 aromatic heterocycles. The number of halogens is 4. The quantitative estimate of drug-likeness (QED) is 0.850. The highest BCUT2D eigenvalue weighted by Gasteiger charge is 2.33. The number of nitrogens with one attached hydrogen (secondary N) is 1. The van der Waals surface area contributed by atoms with Crippen LogP contribution in [0.4, 0.5) is 17.6 Å². The van der Waals surface area contributed by atoms with Crippen molar-refractivity contribution in [3.8, 4) is 0 Å². The molecule has 0 aliphatic carbocycles. The van der Waals surface area contributed by atoms with Gasteiger partial charge in [-0.3, -0.25) is 0 Å². The van der Waals surface area contributed by atoms with E-state index in [1.807, 2.05) is 11.8 Å². The van der Waals surface area contributed by atoms with Crippen LogP contribution >= 0.6 is 11.8 Å². The first-order valence-electron chi connectivity index (χ1n) is 6.13. The molecule has 1 fully saturated rings. The third kappa shape index (κ3) is 4.11. The fourth-order valence-corrected chi connectivity index (χ4v) is 3.23. The minimum absolute atomic E-state index is 0.104. The highest BCUT2D eigenvalue weighted by Crippen LogP contribution is 2.32. The van der Waals surface area contributed by atoms with Crippen molar-refractivity contribution >= 4 is 11.8 Å². The summed E-state index contributed by atoms with van der Waals surface area (Å²) in [5.74, 6) is 1.21. The topological polar surface area (TPSA) is 12.0 Å². The van der Waals surface area contributed by atoms with Gasteiger partial charge in [0.15, 0.2) is 0 Å². The van der Waals surface area contributed by atoms with E-state index in [4.69, 9.17) is 0 Å². The molecule has 1 aliphatic heterocycles. The van der Waals surface area contributed by atoms with Crippen molar-refractivity contribution in [2.45, 2.75) is 31.6 Å². The lowest BCUT2D eigenvalue weighted by atomic mass is 10.1. The first kappa shape index (κ1) is 14.7. The Labute approximate surface area is 113 Å². The fourth-order valence-electron chi connectivity index (χ4n) is 2.12. The summed E-state index contributed by atoms with van der Waals surface area (Å²) in [6.45, 7) is 0.129. The van der Waals surface area contributed by atoms with Crippen LogP contribution in [0.1, 0.15) is 24.0 Å². The molecular formula is C13H15F4NS. The largest absolute Gasteiger partial charge is 0.416 e. The molecule has 0 bridgehead atoms. The molecule has 1 heterocycles. The van der Waals surface area contributed by atoms with Crippen molar-refractivity contribution < 1.29 is 17.6 Å². The molecule has 0 amide bonds. The molecule has 0 saturated carbocycles. The molecule has 1 aromatic rings. The fraction of sp³-hybridized carbons (Fsp3) is 0.538. The Balaban J connectivity index is 2.06. The van der Waals surface area contributed by atoms with Crippen molar-refractivity contribution in [2.75, 3.05) is 11.5 Å². The van der Waals surface area contributed by atoms with Gasteiger partial charge in [-0.2, -0.15) is 24.9 Å². The highest BCUT2D eigenvalue weighted by atomic mass is 32.2. The maximum atomic E-state index is 12.9. The van der Waals surface area contributed by atoms with Gasteiger partial charge in [0.25, 0.3) is 0 Å². The van der Waals surface area contributed by atoms with E-state index in [0.29, 0.717) is 6.07 Å². The molecule has 1 saturated heterocycles. The van der Waals surface area contributed by atoms with Gasteiger partial charge in [-0.05, 0) is 42.0 Å². The Morgan fingerprint density at radius 1 is 1.21 bits per heavy atom. The molecule has 0 radical (unpaired) electrons. The van der Waals surface area contributed by atoms with Crippen LogP contribution in [0.2, 0.25) is 0 Å². The van der Waals surface area contributed by atoms with Crippen LogP contribution in [0, 0.1) is 5.82 Å². The Bertz CT molecular complexity index is 427. The predicted molar refractivity (Wildman–Crippen MR) is 68.6 cm³/mol. The smallest absolute Gasteiger partial charge is 0.310 e. The number of hydrogen-bond donors (Lipinski definition) is 1. The van der Waals surface area contributed by atoms with Crippen LogP contribution in [0.15, 0.2) is 18.2 Å². The summed E-state index contributed by atoms with van der Waals surface area (Å²) in [6.07, 6.45) is -2.58. The van der Waals surface area contributed by atoms with E-state index >= 15 is 0 Å². The van der Waals surface area contributed by atoms with E-state index in [1.54, 1.807) is 0 Å². The Hall–Kier alpha value is -0.750.